The van der Waals surface area contributed by atoms with E-state index >= 15 is 0 Å². The van der Waals surface area contributed by atoms with Crippen molar-refractivity contribution >= 4 is 54.6 Å². The van der Waals surface area contributed by atoms with Gasteiger partial charge in [-0.3, -0.25) is 4.57 Å². The number of hydrogen-bond acceptors (Lipinski definition) is 2. The van der Waals surface area contributed by atoms with Gasteiger partial charge in [0.1, 0.15) is 5.82 Å². The molecule has 93 heavy (non-hydrogen) atoms. The maximum atomic E-state index is 10.4. The van der Waals surface area contributed by atoms with Crippen molar-refractivity contribution in [1.29, 1.82) is 0 Å². The Morgan fingerprint density at radius 3 is 1.62 bits per heavy atom. The molecule has 4 aromatic heterocycles. The summed E-state index contributed by atoms with van der Waals surface area (Å²) >= 11 is 0. The number of ether oxygens (including phenoxy) is 1. The molecule has 1 aliphatic rings. The number of rotatable bonds is 7. The van der Waals surface area contributed by atoms with Gasteiger partial charge in [-0.05, 0) is 179 Å². The van der Waals surface area contributed by atoms with Crippen LogP contribution in [0.25, 0.3) is 133 Å². The van der Waals surface area contributed by atoms with Crippen LogP contribution in [0.1, 0.15) is 109 Å². The molecule has 15 aromatic rings. The van der Waals surface area contributed by atoms with Gasteiger partial charge in [0.2, 0.25) is 0 Å². The van der Waals surface area contributed by atoms with Crippen LogP contribution < -0.4 is 9.30 Å². The molecule has 11 aromatic carbocycles. The Labute approximate surface area is 579 Å². The fourth-order valence-electron chi connectivity index (χ4n) is 13.3. The molecule has 0 aliphatic carbocycles. The molecule has 0 amide bonds. The Balaban J connectivity index is 0.00000915. The molecule has 7 heteroatoms. The van der Waals surface area contributed by atoms with Crippen LogP contribution in [0, 0.1) is 32.2 Å². The summed E-state index contributed by atoms with van der Waals surface area (Å²) in [6, 6.07) is 57.2. The van der Waals surface area contributed by atoms with Crippen LogP contribution in [0.3, 0.4) is 0 Å². The number of pyridine rings is 1. The molecule has 0 saturated carbocycles. The van der Waals surface area contributed by atoms with Gasteiger partial charge in [0.25, 0.3) is 6.33 Å². The molecule has 6 nitrogen and oxygen atoms in total. The van der Waals surface area contributed by atoms with Crippen molar-refractivity contribution in [3.63, 3.8) is 0 Å². The predicted molar refractivity (Wildman–Crippen MR) is 381 cm³/mol. The summed E-state index contributed by atoms with van der Waals surface area (Å²) in [5, 5.41) is 3.78. The third-order valence-corrected chi connectivity index (χ3v) is 18.0. The van der Waals surface area contributed by atoms with Crippen LogP contribution in [0.4, 0.5) is 0 Å². The minimum absolute atomic E-state index is 0. The molecule has 458 valence electrons. The summed E-state index contributed by atoms with van der Waals surface area (Å²) in [5.74, 6) is 1.35. The number of aryl methyl sites for hydroxylation is 2. The third kappa shape index (κ3) is 9.96. The zero-order chi connectivity index (χ0) is 75.1. The van der Waals surface area contributed by atoms with Crippen molar-refractivity contribution in [1.82, 2.24) is 18.7 Å². The first-order chi connectivity index (χ1) is 50.1. The van der Waals surface area contributed by atoms with Crippen molar-refractivity contribution < 1.29 is 49.6 Å². The van der Waals surface area contributed by atoms with Crippen LogP contribution in [0.5, 0.6) is 11.5 Å². The van der Waals surface area contributed by atoms with Crippen LogP contribution in [0.2, 0.25) is 0 Å². The summed E-state index contributed by atoms with van der Waals surface area (Å²) in [6.45, 7) is 13.2. The number of aromatic nitrogens is 5. The normalized spacial score (nSPS) is 14.8. The second-order valence-electron chi connectivity index (χ2n) is 27.0. The van der Waals surface area contributed by atoms with Gasteiger partial charge in [0.05, 0.1) is 38.7 Å². The maximum Gasteiger partial charge on any atom is 0.268 e. The largest absolute Gasteiger partial charge is 0.510 e. The van der Waals surface area contributed by atoms with Gasteiger partial charge in [-0.25, -0.2) is 4.98 Å². The second-order valence-corrected chi connectivity index (χ2v) is 27.0. The van der Waals surface area contributed by atoms with E-state index in [0.717, 1.165) is 60.3 Å². The zero-order valence-electron chi connectivity index (χ0n) is 66.8. The molecular formula is C86H71N5OPt-2. The maximum absolute atomic E-state index is 10.4. The summed E-state index contributed by atoms with van der Waals surface area (Å²) in [5.41, 5.74) is 6.35. The van der Waals surface area contributed by atoms with E-state index in [1.165, 1.54) is 18.2 Å². The minimum atomic E-state index is -2.91. The second kappa shape index (κ2) is 22.2. The Bertz CT molecular complexity index is 6160. The summed E-state index contributed by atoms with van der Waals surface area (Å²) < 4.78 is 149. The molecular weight excluding hydrogens is 1310 g/mol. The molecule has 0 fully saturated rings. The summed E-state index contributed by atoms with van der Waals surface area (Å²) in [4.78, 5) is 4.90. The van der Waals surface area contributed by atoms with Gasteiger partial charge >= 0.3 is 0 Å². The van der Waals surface area contributed by atoms with E-state index in [1.54, 1.807) is 27.3 Å². The van der Waals surface area contributed by atoms with E-state index in [2.05, 4.69) is 114 Å². The molecule has 5 heterocycles. The smallest absolute Gasteiger partial charge is 0.268 e. The number of nitrogens with zero attached hydrogens (tertiary/aromatic N) is 5. The average molecular weight is 1400 g/mol. The Kier molecular flexibility index (Phi) is 10.8. The number of hydrogen-bond donors (Lipinski definition) is 0. The van der Waals surface area contributed by atoms with Crippen molar-refractivity contribution in [2.45, 2.75) is 92.3 Å². The SMILES string of the molecule is [2H]c1c([2H])c([2H])c2c(c1[2H])-c1cc(-c3c(C([2H])([2H])[2H])cccc3C([2H])([2H])[2H])cc(-c3cc(C(C)(C)C)cc(C(C)(C)C)c3)c1-[n+]1[c-]n(-c3[c-]c(Oc4[c-]c5c(cc4)c4ccccc4n5-c4cc(C(C)(C)C)ccn4)ccc3)c3cc(-n4c5ccccc5c5ccccc54)cc(c31)-c1c([2H])c([2H])c([2H])c([2H])c1-2.[Pt]. The summed E-state index contributed by atoms with van der Waals surface area (Å²) in [7, 11) is 0. The molecule has 0 spiro atoms. The van der Waals surface area contributed by atoms with Crippen molar-refractivity contribution in [3.8, 4) is 90.0 Å². The zero-order valence-corrected chi connectivity index (χ0v) is 55.1. The Morgan fingerprint density at radius 1 is 0.462 bits per heavy atom. The molecule has 0 unspecified atom stereocenters. The minimum Gasteiger partial charge on any atom is -0.510 e. The third-order valence-electron chi connectivity index (χ3n) is 18.0. The van der Waals surface area contributed by atoms with Crippen LogP contribution in [0.15, 0.2) is 230 Å². The molecule has 0 bridgehead atoms. The van der Waals surface area contributed by atoms with Gasteiger partial charge in [-0.1, -0.05) is 207 Å². The van der Waals surface area contributed by atoms with E-state index in [4.69, 9.17) is 17.9 Å². The molecule has 0 atom stereocenters. The van der Waals surface area contributed by atoms with E-state index in [-0.39, 0.29) is 93.6 Å². The summed E-state index contributed by atoms with van der Waals surface area (Å²) in [6.07, 6.45) is 5.61. The van der Waals surface area contributed by atoms with Gasteiger partial charge in [-0.2, -0.15) is 18.2 Å². The first-order valence-electron chi connectivity index (χ1n) is 37.9. The van der Waals surface area contributed by atoms with Gasteiger partial charge < -0.3 is 18.4 Å². The van der Waals surface area contributed by atoms with Gasteiger partial charge in [0, 0.05) is 69.0 Å². The first-order valence-corrected chi connectivity index (χ1v) is 30.9. The average Bonchev–Trinajstić information content (AvgIpc) is 1.62. The van der Waals surface area contributed by atoms with Crippen molar-refractivity contribution in [2.24, 2.45) is 0 Å². The van der Waals surface area contributed by atoms with E-state index in [9.17, 15) is 11.0 Å². The van der Waals surface area contributed by atoms with E-state index < -0.39 is 72.9 Å². The standard InChI is InChI=1S/C86H71N5O.Pt/c1-53-24-22-25-54(2)81(53)56-44-72(55-42-58(85(6,7)8)46-59(43-55)86(9,10)11)82-73(45-56)66-30-14-12-28-64(66)65-29-13-15-31-67(65)74-49-61(90-75-35-19-16-32-68(75)69-33-17-20-36-76(69)90)50-79-83(74)89(82)52-88(79)60-26-23-27-62(48-60)92-63-38-39-71-70-34-18-21-37-77(70)91(78(71)51-63)80-47-57(40-41-87-80)84(3,4)5;/h12-47,49-50H,1-11H3;/q-2;/i1D3,2D3,12D,13D,14D,15D,28D,29D,30D,31D;. The molecule has 16 rings (SSSR count). The van der Waals surface area contributed by atoms with E-state index in [0.29, 0.717) is 45.1 Å². The number of para-hydroxylation sites is 3. The van der Waals surface area contributed by atoms with Crippen LogP contribution in [-0.2, 0) is 37.3 Å². The Morgan fingerprint density at radius 2 is 1.01 bits per heavy atom. The fraction of sp³-hybridized carbons (Fsp3) is 0.163. The molecule has 0 radical (unpaired) electrons. The molecule has 1 aliphatic heterocycles. The first kappa shape index (κ1) is 45.4. The number of benzene rings is 11. The number of fused-ring (bicyclic) bond motifs is 13. The van der Waals surface area contributed by atoms with Crippen molar-refractivity contribution in [3.05, 3.63) is 277 Å². The number of imidazole rings is 1. The monoisotopic (exact) mass is 1400 g/mol. The van der Waals surface area contributed by atoms with E-state index in [1.807, 2.05) is 121 Å². The van der Waals surface area contributed by atoms with Gasteiger partial charge in [-0.15, -0.1) is 29.7 Å². The fourth-order valence-corrected chi connectivity index (χ4v) is 13.3. The molecule has 0 saturated heterocycles. The van der Waals surface area contributed by atoms with Crippen LogP contribution >= 0.6 is 0 Å². The predicted octanol–water partition coefficient (Wildman–Crippen LogP) is 21.8. The van der Waals surface area contributed by atoms with Gasteiger partial charge in [0.15, 0.2) is 0 Å². The topological polar surface area (TPSA) is 40.8 Å². The van der Waals surface area contributed by atoms with Crippen molar-refractivity contribution in [2.75, 3.05) is 0 Å². The quantitative estimate of drug-likeness (QED) is 0.118. The Hall–Kier alpha value is -9.87. The molecule has 0 N–H and O–H groups in total. The van der Waals surface area contributed by atoms with Crippen LogP contribution in [-0.4, -0.2) is 18.7 Å².